The molecule has 0 atom stereocenters. The SMILES string of the molecule is CN(C)C1=C(c2ccccc2)C(=O)NC1=O. The van der Waals surface area contributed by atoms with Crippen molar-refractivity contribution in [3.8, 4) is 0 Å². The van der Waals surface area contributed by atoms with Crippen LogP contribution in [0.4, 0.5) is 0 Å². The molecule has 0 unspecified atom stereocenters. The van der Waals surface area contributed by atoms with Crippen molar-refractivity contribution in [3.63, 3.8) is 0 Å². The van der Waals surface area contributed by atoms with Crippen LogP contribution in [0.25, 0.3) is 5.57 Å². The van der Waals surface area contributed by atoms with Crippen LogP contribution in [-0.4, -0.2) is 30.8 Å². The molecular formula is C12H12N2O2. The first-order valence-corrected chi connectivity index (χ1v) is 4.94. The van der Waals surface area contributed by atoms with E-state index in [4.69, 9.17) is 0 Å². The topological polar surface area (TPSA) is 49.4 Å². The fraction of sp³-hybridized carbons (Fsp3) is 0.167. The third-order valence-corrected chi connectivity index (χ3v) is 2.42. The van der Waals surface area contributed by atoms with Gasteiger partial charge in [0.2, 0.25) is 0 Å². The van der Waals surface area contributed by atoms with Gasteiger partial charge in [-0.2, -0.15) is 0 Å². The Bertz CT molecular complexity index is 475. The molecule has 0 aromatic heterocycles. The molecule has 4 heteroatoms. The highest BCUT2D eigenvalue weighted by atomic mass is 16.2. The van der Waals surface area contributed by atoms with E-state index in [9.17, 15) is 9.59 Å². The standard InChI is InChI=1S/C12H12N2O2/c1-14(2)10-9(11(15)13-12(10)16)8-6-4-3-5-7-8/h3-7H,1-2H3,(H,13,15,16). The molecule has 0 spiro atoms. The van der Waals surface area contributed by atoms with Crippen molar-refractivity contribution in [2.24, 2.45) is 0 Å². The third-order valence-electron chi connectivity index (χ3n) is 2.42. The molecular weight excluding hydrogens is 204 g/mol. The number of nitrogens with zero attached hydrogens (tertiary/aromatic N) is 1. The molecule has 1 aromatic carbocycles. The molecule has 16 heavy (non-hydrogen) atoms. The Balaban J connectivity index is 2.59. The van der Waals surface area contributed by atoms with Gasteiger partial charge in [0.15, 0.2) is 0 Å². The molecule has 0 saturated heterocycles. The molecule has 1 aliphatic heterocycles. The lowest BCUT2D eigenvalue weighted by molar-refractivity contribution is -0.124. The number of nitrogens with one attached hydrogen (secondary N) is 1. The Morgan fingerprint density at radius 2 is 1.62 bits per heavy atom. The summed E-state index contributed by atoms with van der Waals surface area (Å²) < 4.78 is 0. The van der Waals surface area contributed by atoms with E-state index in [1.165, 1.54) is 0 Å². The van der Waals surface area contributed by atoms with Gasteiger partial charge in [-0.15, -0.1) is 0 Å². The van der Waals surface area contributed by atoms with Crippen molar-refractivity contribution in [2.45, 2.75) is 0 Å². The summed E-state index contributed by atoms with van der Waals surface area (Å²) in [6, 6.07) is 9.18. The lowest BCUT2D eigenvalue weighted by atomic mass is 10.0. The van der Waals surface area contributed by atoms with Crippen LogP contribution in [0.2, 0.25) is 0 Å². The van der Waals surface area contributed by atoms with Gasteiger partial charge in [0.05, 0.1) is 5.57 Å². The van der Waals surface area contributed by atoms with Gasteiger partial charge in [-0.3, -0.25) is 14.9 Å². The van der Waals surface area contributed by atoms with Crippen LogP contribution in [0.5, 0.6) is 0 Å². The largest absolute Gasteiger partial charge is 0.373 e. The number of hydrogen-bond acceptors (Lipinski definition) is 3. The zero-order chi connectivity index (χ0) is 11.7. The highest BCUT2D eigenvalue weighted by Gasteiger charge is 2.32. The highest BCUT2D eigenvalue weighted by Crippen LogP contribution is 2.24. The monoisotopic (exact) mass is 216 g/mol. The number of carbonyl (C=O) groups is 2. The first-order valence-electron chi connectivity index (χ1n) is 4.94. The first-order chi connectivity index (χ1) is 7.61. The molecule has 0 saturated carbocycles. The van der Waals surface area contributed by atoms with E-state index in [1.807, 2.05) is 30.3 Å². The fourth-order valence-electron chi connectivity index (χ4n) is 1.75. The molecule has 0 aliphatic carbocycles. The number of amides is 2. The minimum absolute atomic E-state index is 0.333. The molecule has 4 nitrogen and oxygen atoms in total. The van der Waals surface area contributed by atoms with Gasteiger partial charge < -0.3 is 4.90 Å². The predicted octanol–water partition coefficient (Wildman–Crippen LogP) is 0.616. The zero-order valence-electron chi connectivity index (χ0n) is 9.15. The lowest BCUT2D eigenvalue weighted by Gasteiger charge is -2.12. The van der Waals surface area contributed by atoms with E-state index in [1.54, 1.807) is 19.0 Å². The van der Waals surface area contributed by atoms with E-state index in [2.05, 4.69) is 5.32 Å². The summed E-state index contributed by atoms with van der Waals surface area (Å²) in [6.07, 6.45) is 0. The van der Waals surface area contributed by atoms with Crippen LogP contribution in [-0.2, 0) is 9.59 Å². The van der Waals surface area contributed by atoms with Crippen molar-refractivity contribution < 1.29 is 9.59 Å². The number of carbonyl (C=O) groups excluding carboxylic acids is 2. The second kappa shape index (κ2) is 3.81. The van der Waals surface area contributed by atoms with E-state index < -0.39 is 0 Å². The number of hydrogen-bond donors (Lipinski definition) is 1. The van der Waals surface area contributed by atoms with Crippen molar-refractivity contribution in [1.29, 1.82) is 0 Å². The number of imide groups is 1. The van der Waals surface area contributed by atoms with E-state index in [0.29, 0.717) is 11.3 Å². The number of benzene rings is 1. The summed E-state index contributed by atoms with van der Waals surface area (Å²) in [4.78, 5) is 24.9. The van der Waals surface area contributed by atoms with Gasteiger partial charge in [0, 0.05) is 14.1 Å². The van der Waals surface area contributed by atoms with Gasteiger partial charge in [-0.05, 0) is 5.56 Å². The minimum Gasteiger partial charge on any atom is -0.373 e. The Labute approximate surface area is 93.6 Å². The molecule has 2 rings (SSSR count). The molecule has 1 aliphatic rings. The third kappa shape index (κ3) is 1.58. The molecule has 0 radical (unpaired) electrons. The van der Waals surface area contributed by atoms with Crippen LogP contribution < -0.4 is 5.32 Å². The predicted molar refractivity (Wildman–Crippen MR) is 60.2 cm³/mol. The molecule has 1 heterocycles. The maximum Gasteiger partial charge on any atom is 0.275 e. The van der Waals surface area contributed by atoms with Crippen molar-refractivity contribution in [1.82, 2.24) is 10.2 Å². The summed E-state index contributed by atoms with van der Waals surface area (Å²) in [5.74, 6) is -0.672. The summed E-state index contributed by atoms with van der Waals surface area (Å²) in [5, 5.41) is 2.30. The van der Waals surface area contributed by atoms with Crippen LogP contribution in [0.1, 0.15) is 5.56 Å². The van der Waals surface area contributed by atoms with E-state index >= 15 is 0 Å². The summed E-state index contributed by atoms with van der Waals surface area (Å²) >= 11 is 0. The summed E-state index contributed by atoms with van der Waals surface area (Å²) in [6.45, 7) is 0. The van der Waals surface area contributed by atoms with E-state index in [0.717, 1.165) is 5.56 Å². The van der Waals surface area contributed by atoms with Gasteiger partial charge in [-0.1, -0.05) is 30.3 Å². The van der Waals surface area contributed by atoms with E-state index in [-0.39, 0.29) is 11.8 Å². The lowest BCUT2D eigenvalue weighted by Crippen LogP contribution is -2.26. The smallest absolute Gasteiger partial charge is 0.275 e. The zero-order valence-corrected chi connectivity index (χ0v) is 9.15. The van der Waals surface area contributed by atoms with Crippen molar-refractivity contribution >= 4 is 17.4 Å². The molecule has 0 fully saturated rings. The van der Waals surface area contributed by atoms with Gasteiger partial charge in [0.25, 0.3) is 11.8 Å². The van der Waals surface area contributed by atoms with Gasteiger partial charge in [0.1, 0.15) is 5.70 Å². The molecule has 2 amide bonds. The maximum atomic E-state index is 11.7. The quantitative estimate of drug-likeness (QED) is 0.737. The number of likely N-dealkylation sites (N-methyl/N-ethyl adjacent to an activating group) is 1. The summed E-state index contributed by atoms with van der Waals surface area (Å²) in [7, 11) is 3.49. The van der Waals surface area contributed by atoms with Crippen LogP contribution in [0, 0.1) is 0 Å². The molecule has 1 N–H and O–H groups in total. The minimum atomic E-state index is -0.339. The highest BCUT2D eigenvalue weighted by molar-refractivity contribution is 6.35. The maximum absolute atomic E-state index is 11.7. The number of rotatable bonds is 2. The van der Waals surface area contributed by atoms with Crippen LogP contribution >= 0.6 is 0 Å². The molecule has 1 aromatic rings. The normalized spacial score (nSPS) is 15.4. The average Bonchev–Trinajstić information content (AvgIpc) is 2.55. The first kappa shape index (κ1) is 10.4. The molecule has 0 bridgehead atoms. The van der Waals surface area contributed by atoms with Gasteiger partial charge in [-0.25, -0.2) is 0 Å². The second-order valence-electron chi connectivity index (χ2n) is 3.77. The Morgan fingerprint density at radius 1 is 1.00 bits per heavy atom. The van der Waals surface area contributed by atoms with Gasteiger partial charge >= 0.3 is 0 Å². The average molecular weight is 216 g/mol. The fourth-order valence-corrected chi connectivity index (χ4v) is 1.75. The van der Waals surface area contributed by atoms with Crippen LogP contribution in [0.3, 0.4) is 0 Å². The Hall–Kier alpha value is -2.10. The van der Waals surface area contributed by atoms with Crippen molar-refractivity contribution in [3.05, 3.63) is 41.6 Å². The molecule has 82 valence electrons. The second-order valence-corrected chi connectivity index (χ2v) is 3.77. The Kier molecular flexibility index (Phi) is 2.48. The van der Waals surface area contributed by atoms with Crippen LogP contribution in [0.15, 0.2) is 36.0 Å². The Morgan fingerprint density at radius 3 is 2.19 bits per heavy atom. The van der Waals surface area contributed by atoms with Crippen molar-refractivity contribution in [2.75, 3.05) is 14.1 Å². The summed E-state index contributed by atoms with van der Waals surface area (Å²) in [5.41, 5.74) is 1.61.